The van der Waals surface area contributed by atoms with Crippen LogP contribution < -0.4 is 15.4 Å². The number of hydrogen-bond donors (Lipinski definition) is 2. The van der Waals surface area contributed by atoms with E-state index >= 15 is 0 Å². The number of carbonyl (C=O) groups excluding carboxylic acids is 2. The number of ether oxygens (including phenoxy) is 1. The van der Waals surface area contributed by atoms with Crippen molar-refractivity contribution in [2.45, 2.75) is 31.4 Å². The summed E-state index contributed by atoms with van der Waals surface area (Å²) in [5.74, 6) is -0.616. The van der Waals surface area contributed by atoms with Gasteiger partial charge < -0.3 is 10.1 Å². The van der Waals surface area contributed by atoms with Crippen molar-refractivity contribution >= 4 is 37.9 Å². The van der Waals surface area contributed by atoms with Crippen LogP contribution in [-0.4, -0.2) is 60.1 Å². The summed E-state index contributed by atoms with van der Waals surface area (Å²) in [4.78, 5) is 27.3. The zero-order valence-corrected chi connectivity index (χ0v) is 16.5. The Hall–Kier alpha value is -1.72. The SMILES string of the molecule is C[C@@]1(CS(=O)(=O)N2CCC(Oc3ccc(Br)cn3)CC2)NC(=O)NC1=O. The number of sulfonamides is 1. The van der Waals surface area contributed by atoms with E-state index in [1.165, 1.54) is 11.2 Å². The monoisotopic (exact) mass is 446 g/mol. The Morgan fingerprint density at radius 1 is 1.35 bits per heavy atom. The van der Waals surface area contributed by atoms with Crippen LogP contribution >= 0.6 is 15.9 Å². The van der Waals surface area contributed by atoms with Gasteiger partial charge in [-0.3, -0.25) is 10.1 Å². The zero-order chi connectivity index (χ0) is 18.9. The van der Waals surface area contributed by atoms with E-state index in [4.69, 9.17) is 4.74 Å². The van der Waals surface area contributed by atoms with Gasteiger partial charge in [-0.2, -0.15) is 0 Å². The van der Waals surface area contributed by atoms with Crippen molar-refractivity contribution in [2.75, 3.05) is 18.8 Å². The molecule has 3 amide bonds. The number of piperidine rings is 1. The molecule has 3 rings (SSSR count). The minimum atomic E-state index is -3.70. The van der Waals surface area contributed by atoms with Gasteiger partial charge >= 0.3 is 6.03 Å². The highest BCUT2D eigenvalue weighted by Crippen LogP contribution is 2.22. The molecule has 2 N–H and O–H groups in total. The van der Waals surface area contributed by atoms with Crippen molar-refractivity contribution in [1.29, 1.82) is 0 Å². The van der Waals surface area contributed by atoms with E-state index in [0.717, 1.165) is 4.47 Å². The molecule has 2 aliphatic rings. The third kappa shape index (κ3) is 4.15. The summed E-state index contributed by atoms with van der Waals surface area (Å²) in [7, 11) is -3.70. The average molecular weight is 447 g/mol. The Morgan fingerprint density at radius 3 is 2.58 bits per heavy atom. The Kier molecular flexibility index (Phi) is 5.22. The van der Waals surface area contributed by atoms with Crippen molar-refractivity contribution in [3.05, 3.63) is 22.8 Å². The van der Waals surface area contributed by atoms with Crippen molar-refractivity contribution in [1.82, 2.24) is 19.9 Å². The zero-order valence-electron chi connectivity index (χ0n) is 14.1. The normalized spacial score (nSPS) is 25.0. The van der Waals surface area contributed by atoms with E-state index in [1.807, 2.05) is 6.07 Å². The fourth-order valence-corrected chi connectivity index (χ4v) is 5.09. The highest BCUT2D eigenvalue weighted by molar-refractivity contribution is 9.10. The van der Waals surface area contributed by atoms with E-state index in [0.29, 0.717) is 18.7 Å². The van der Waals surface area contributed by atoms with Gasteiger partial charge in [0, 0.05) is 29.8 Å². The van der Waals surface area contributed by atoms with Gasteiger partial charge in [0.15, 0.2) is 0 Å². The Balaban J connectivity index is 1.57. The van der Waals surface area contributed by atoms with Gasteiger partial charge in [0.05, 0.1) is 5.75 Å². The first-order valence-corrected chi connectivity index (χ1v) is 10.5. The second-order valence-electron chi connectivity index (χ2n) is 6.53. The first-order chi connectivity index (χ1) is 12.2. The number of halogens is 1. The highest BCUT2D eigenvalue weighted by atomic mass is 79.9. The molecular formula is C15H19BrN4O5S. The van der Waals surface area contributed by atoms with Crippen LogP contribution in [0.5, 0.6) is 5.88 Å². The molecule has 1 aromatic heterocycles. The van der Waals surface area contributed by atoms with Gasteiger partial charge in [-0.05, 0) is 41.8 Å². The number of rotatable bonds is 5. The smallest absolute Gasteiger partial charge is 0.322 e. The Labute approximate surface area is 159 Å². The van der Waals surface area contributed by atoms with Crippen molar-refractivity contribution in [2.24, 2.45) is 0 Å². The molecule has 0 aromatic carbocycles. The fourth-order valence-electron chi connectivity index (χ4n) is 2.97. The van der Waals surface area contributed by atoms with Gasteiger partial charge in [-0.25, -0.2) is 22.5 Å². The lowest BCUT2D eigenvalue weighted by atomic mass is 10.1. The molecule has 9 nitrogen and oxygen atoms in total. The predicted octanol–water partition coefficient (Wildman–Crippen LogP) is 0.615. The average Bonchev–Trinajstić information content (AvgIpc) is 2.81. The summed E-state index contributed by atoms with van der Waals surface area (Å²) in [5, 5.41) is 4.45. The molecule has 1 atom stereocenters. The molecule has 26 heavy (non-hydrogen) atoms. The van der Waals surface area contributed by atoms with Crippen molar-refractivity contribution in [3.8, 4) is 5.88 Å². The minimum absolute atomic E-state index is 0.125. The molecular weight excluding hydrogens is 428 g/mol. The topological polar surface area (TPSA) is 118 Å². The second-order valence-corrected chi connectivity index (χ2v) is 9.41. The van der Waals surface area contributed by atoms with Gasteiger partial charge in [0.1, 0.15) is 11.6 Å². The van der Waals surface area contributed by atoms with Crippen LogP contribution in [0, 0.1) is 0 Å². The van der Waals surface area contributed by atoms with E-state index in [-0.39, 0.29) is 19.2 Å². The van der Waals surface area contributed by atoms with Gasteiger partial charge in [-0.1, -0.05) is 0 Å². The summed E-state index contributed by atoms with van der Waals surface area (Å²) in [6.45, 7) is 1.98. The lowest BCUT2D eigenvalue weighted by molar-refractivity contribution is -0.122. The lowest BCUT2D eigenvalue weighted by Crippen LogP contribution is -2.53. The van der Waals surface area contributed by atoms with Crippen LogP contribution in [0.1, 0.15) is 19.8 Å². The minimum Gasteiger partial charge on any atom is -0.474 e. The second kappa shape index (κ2) is 7.12. The van der Waals surface area contributed by atoms with E-state index in [2.05, 4.69) is 31.5 Å². The van der Waals surface area contributed by atoms with Crippen LogP contribution in [-0.2, 0) is 14.8 Å². The standard InChI is InChI=1S/C15H19BrN4O5S/c1-15(13(21)18-14(22)19-15)9-26(23,24)20-6-4-11(5-7-20)25-12-3-2-10(16)8-17-12/h2-3,8,11H,4-7,9H2,1H3,(H2,18,19,21,22)/t15-/m0/s1. The Morgan fingerprint density at radius 2 is 2.04 bits per heavy atom. The third-order valence-electron chi connectivity index (χ3n) is 4.37. The first-order valence-electron chi connectivity index (χ1n) is 8.08. The summed E-state index contributed by atoms with van der Waals surface area (Å²) in [5.41, 5.74) is -1.45. The van der Waals surface area contributed by atoms with E-state index in [1.54, 1.807) is 12.3 Å². The van der Waals surface area contributed by atoms with Crippen LogP contribution in [0.3, 0.4) is 0 Å². The molecule has 0 bridgehead atoms. The van der Waals surface area contributed by atoms with Gasteiger partial charge in [-0.15, -0.1) is 0 Å². The maximum Gasteiger partial charge on any atom is 0.322 e. The molecule has 0 unspecified atom stereocenters. The van der Waals surface area contributed by atoms with E-state index < -0.39 is 33.3 Å². The third-order valence-corrected chi connectivity index (χ3v) is 6.93. The molecule has 0 saturated carbocycles. The van der Waals surface area contributed by atoms with Crippen molar-refractivity contribution in [3.63, 3.8) is 0 Å². The molecule has 1 aromatic rings. The number of aromatic nitrogens is 1. The predicted molar refractivity (Wildman–Crippen MR) is 96.0 cm³/mol. The molecule has 11 heteroatoms. The number of imide groups is 1. The number of carbonyl (C=O) groups is 2. The number of pyridine rings is 1. The van der Waals surface area contributed by atoms with Crippen LogP contribution in [0.15, 0.2) is 22.8 Å². The number of hydrogen-bond acceptors (Lipinski definition) is 6. The molecule has 2 fully saturated rings. The molecule has 0 radical (unpaired) electrons. The summed E-state index contributed by atoms with van der Waals surface area (Å²) in [6.07, 6.45) is 2.55. The molecule has 0 aliphatic carbocycles. The fraction of sp³-hybridized carbons (Fsp3) is 0.533. The maximum absolute atomic E-state index is 12.6. The number of nitrogens with zero attached hydrogens (tertiary/aromatic N) is 2. The molecule has 2 saturated heterocycles. The quantitative estimate of drug-likeness (QED) is 0.639. The summed E-state index contributed by atoms with van der Waals surface area (Å²) < 4.78 is 33.2. The van der Waals surface area contributed by atoms with Gasteiger partial charge in [0.25, 0.3) is 5.91 Å². The van der Waals surface area contributed by atoms with Crippen molar-refractivity contribution < 1.29 is 22.7 Å². The Bertz CT molecular complexity index is 808. The number of urea groups is 1. The van der Waals surface area contributed by atoms with Crippen LogP contribution in [0.4, 0.5) is 4.79 Å². The number of nitrogens with one attached hydrogen (secondary N) is 2. The lowest BCUT2D eigenvalue weighted by Gasteiger charge is -2.33. The van der Waals surface area contributed by atoms with Crippen LogP contribution in [0.2, 0.25) is 0 Å². The molecule has 3 heterocycles. The number of amides is 3. The maximum atomic E-state index is 12.6. The molecule has 142 valence electrons. The highest BCUT2D eigenvalue weighted by Gasteiger charge is 2.46. The van der Waals surface area contributed by atoms with E-state index in [9.17, 15) is 18.0 Å². The van der Waals surface area contributed by atoms with Gasteiger partial charge in [0.2, 0.25) is 15.9 Å². The first kappa shape index (κ1) is 19.1. The van der Waals surface area contributed by atoms with Crippen LogP contribution in [0.25, 0.3) is 0 Å². The summed E-state index contributed by atoms with van der Waals surface area (Å²) in [6, 6.07) is 2.89. The largest absolute Gasteiger partial charge is 0.474 e. The molecule has 2 aliphatic heterocycles. The molecule has 0 spiro atoms. The summed E-state index contributed by atoms with van der Waals surface area (Å²) >= 11 is 3.30.